The van der Waals surface area contributed by atoms with Crippen molar-refractivity contribution in [2.45, 2.75) is 19.4 Å². The minimum atomic E-state index is -0.414. The zero-order valence-electron chi connectivity index (χ0n) is 10.2. The Morgan fingerprint density at radius 3 is 2.76 bits per heavy atom. The van der Waals surface area contributed by atoms with Gasteiger partial charge in [0.05, 0.1) is 21.9 Å². The number of anilines is 1. The van der Waals surface area contributed by atoms with Gasteiger partial charge in [-0.25, -0.2) is 0 Å². The summed E-state index contributed by atoms with van der Waals surface area (Å²) >= 11 is 5.95. The molecule has 0 aliphatic carbocycles. The monoisotopic (exact) mass is 256 g/mol. The number of nitrogens with two attached hydrogens (primary N) is 1. The first kappa shape index (κ1) is 13.8. The van der Waals surface area contributed by atoms with Gasteiger partial charge in [-0.15, -0.1) is 0 Å². The molecule has 1 amide bonds. The highest BCUT2D eigenvalue weighted by atomic mass is 35.5. The average Bonchev–Trinajstić information content (AvgIpc) is 2.30. The van der Waals surface area contributed by atoms with Crippen LogP contribution in [-0.4, -0.2) is 25.2 Å². The maximum absolute atomic E-state index is 11.9. The summed E-state index contributed by atoms with van der Waals surface area (Å²) in [6.07, 6.45) is 0. The lowest BCUT2D eigenvalue weighted by molar-refractivity contribution is 0.0229. The van der Waals surface area contributed by atoms with Crippen LogP contribution in [0.15, 0.2) is 18.2 Å². The summed E-state index contributed by atoms with van der Waals surface area (Å²) in [5.74, 6) is -0.257. The van der Waals surface area contributed by atoms with Gasteiger partial charge in [-0.2, -0.15) is 0 Å². The number of amides is 1. The molecule has 94 valence electrons. The number of methoxy groups -OCH3 is 1. The van der Waals surface area contributed by atoms with Crippen LogP contribution in [0.5, 0.6) is 0 Å². The lowest BCUT2D eigenvalue weighted by Crippen LogP contribution is -2.39. The summed E-state index contributed by atoms with van der Waals surface area (Å²) in [5.41, 5.74) is 5.98. The first-order chi connectivity index (χ1) is 7.87. The van der Waals surface area contributed by atoms with E-state index in [4.69, 9.17) is 22.1 Å². The Balaban J connectivity index is 2.74. The van der Waals surface area contributed by atoms with Gasteiger partial charge in [0.1, 0.15) is 0 Å². The maximum Gasteiger partial charge on any atom is 0.252 e. The van der Waals surface area contributed by atoms with Crippen molar-refractivity contribution in [2.24, 2.45) is 0 Å². The highest BCUT2D eigenvalue weighted by Crippen LogP contribution is 2.22. The second-order valence-corrected chi connectivity index (χ2v) is 4.73. The molecular weight excluding hydrogens is 240 g/mol. The Bertz CT molecular complexity index is 419. The largest absolute Gasteiger partial charge is 0.398 e. The predicted octanol–water partition coefficient (Wildman–Crippen LogP) is 2.08. The van der Waals surface area contributed by atoms with Gasteiger partial charge in [0.15, 0.2) is 0 Å². The molecule has 4 nitrogen and oxygen atoms in total. The van der Waals surface area contributed by atoms with Crippen LogP contribution in [0.3, 0.4) is 0 Å². The van der Waals surface area contributed by atoms with Crippen molar-refractivity contribution in [1.82, 2.24) is 5.32 Å². The zero-order valence-corrected chi connectivity index (χ0v) is 11.0. The van der Waals surface area contributed by atoms with Gasteiger partial charge in [-0.3, -0.25) is 4.79 Å². The Kier molecular flexibility index (Phi) is 4.37. The number of carbonyl (C=O) groups is 1. The molecule has 0 spiro atoms. The fourth-order valence-electron chi connectivity index (χ4n) is 1.19. The molecule has 0 heterocycles. The number of hydrogen-bond acceptors (Lipinski definition) is 3. The van der Waals surface area contributed by atoms with E-state index in [9.17, 15) is 4.79 Å². The van der Waals surface area contributed by atoms with E-state index in [1.807, 2.05) is 13.8 Å². The molecule has 0 atom stereocenters. The van der Waals surface area contributed by atoms with Crippen LogP contribution in [0.25, 0.3) is 0 Å². The highest BCUT2D eigenvalue weighted by molar-refractivity contribution is 6.36. The van der Waals surface area contributed by atoms with Crippen molar-refractivity contribution in [3.8, 4) is 0 Å². The molecule has 0 saturated carbocycles. The topological polar surface area (TPSA) is 64.3 Å². The Morgan fingerprint density at radius 2 is 2.18 bits per heavy atom. The quantitative estimate of drug-likeness (QED) is 0.811. The molecule has 0 aromatic heterocycles. The van der Waals surface area contributed by atoms with E-state index in [-0.39, 0.29) is 10.9 Å². The lowest BCUT2D eigenvalue weighted by Gasteiger charge is -2.23. The predicted molar refractivity (Wildman–Crippen MR) is 69.3 cm³/mol. The van der Waals surface area contributed by atoms with Gasteiger partial charge in [0, 0.05) is 13.7 Å². The number of ether oxygens (including phenoxy) is 1. The van der Waals surface area contributed by atoms with Crippen molar-refractivity contribution >= 4 is 23.2 Å². The maximum atomic E-state index is 11.9. The SMILES string of the molecule is COC(C)(C)CNC(=O)c1cccc(N)c1Cl. The van der Waals surface area contributed by atoms with Gasteiger partial charge in [-0.05, 0) is 26.0 Å². The molecular formula is C12H17ClN2O2. The normalized spacial score (nSPS) is 11.3. The van der Waals surface area contributed by atoms with Crippen molar-refractivity contribution in [2.75, 3.05) is 19.4 Å². The fraction of sp³-hybridized carbons (Fsp3) is 0.417. The summed E-state index contributed by atoms with van der Waals surface area (Å²) in [4.78, 5) is 11.9. The third-order valence-electron chi connectivity index (χ3n) is 2.50. The van der Waals surface area contributed by atoms with Crippen LogP contribution >= 0.6 is 11.6 Å². The van der Waals surface area contributed by atoms with E-state index in [1.54, 1.807) is 25.3 Å². The Labute approximate surface area is 106 Å². The molecule has 0 aliphatic rings. The number of benzene rings is 1. The van der Waals surface area contributed by atoms with Crippen LogP contribution in [-0.2, 0) is 4.74 Å². The second kappa shape index (κ2) is 5.38. The molecule has 5 heteroatoms. The van der Waals surface area contributed by atoms with E-state index in [0.717, 1.165) is 0 Å². The summed E-state index contributed by atoms with van der Waals surface area (Å²) in [6, 6.07) is 4.98. The molecule has 1 rings (SSSR count). The lowest BCUT2D eigenvalue weighted by atomic mass is 10.1. The number of nitrogens with one attached hydrogen (secondary N) is 1. The Hall–Kier alpha value is -1.26. The van der Waals surface area contributed by atoms with Crippen molar-refractivity contribution in [1.29, 1.82) is 0 Å². The van der Waals surface area contributed by atoms with E-state index in [0.29, 0.717) is 17.8 Å². The van der Waals surface area contributed by atoms with Gasteiger partial charge < -0.3 is 15.8 Å². The molecule has 1 aromatic carbocycles. The van der Waals surface area contributed by atoms with Crippen LogP contribution < -0.4 is 11.1 Å². The van der Waals surface area contributed by atoms with Crippen LogP contribution in [0.1, 0.15) is 24.2 Å². The van der Waals surface area contributed by atoms with Crippen LogP contribution in [0.4, 0.5) is 5.69 Å². The molecule has 0 unspecified atom stereocenters. The van der Waals surface area contributed by atoms with Crippen molar-refractivity contribution in [3.05, 3.63) is 28.8 Å². The van der Waals surface area contributed by atoms with Gasteiger partial charge in [0.25, 0.3) is 5.91 Å². The second-order valence-electron chi connectivity index (χ2n) is 4.36. The highest BCUT2D eigenvalue weighted by Gasteiger charge is 2.19. The minimum Gasteiger partial charge on any atom is -0.398 e. The van der Waals surface area contributed by atoms with E-state index < -0.39 is 5.60 Å². The molecule has 0 radical (unpaired) electrons. The molecule has 0 aliphatic heterocycles. The zero-order chi connectivity index (χ0) is 13.1. The molecule has 0 fully saturated rings. The van der Waals surface area contributed by atoms with E-state index in [1.165, 1.54) is 0 Å². The standard InChI is InChI=1S/C12H17ClN2O2/c1-12(2,17-3)7-15-11(16)8-5-4-6-9(14)10(8)13/h4-6H,7,14H2,1-3H3,(H,15,16). The summed E-state index contributed by atoms with van der Waals surface area (Å²) in [5, 5.41) is 3.03. The smallest absolute Gasteiger partial charge is 0.252 e. The number of nitrogen functional groups attached to an aromatic ring is 1. The molecule has 0 saturated heterocycles. The van der Waals surface area contributed by atoms with Gasteiger partial charge in [0.2, 0.25) is 0 Å². The van der Waals surface area contributed by atoms with Gasteiger partial charge in [-0.1, -0.05) is 17.7 Å². The fourth-order valence-corrected chi connectivity index (χ4v) is 1.40. The number of rotatable bonds is 4. The first-order valence-electron chi connectivity index (χ1n) is 5.25. The average molecular weight is 257 g/mol. The van der Waals surface area contributed by atoms with Crippen molar-refractivity contribution in [3.63, 3.8) is 0 Å². The molecule has 17 heavy (non-hydrogen) atoms. The van der Waals surface area contributed by atoms with Crippen LogP contribution in [0.2, 0.25) is 5.02 Å². The first-order valence-corrected chi connectivity index (χ1v) is 5.62. The van der Waals surface area contributed by atoms with E-state index >= 15 is 0 Å². The van der Waals surface area contributed by atoms with Gasteiger partial charge >= 0.3 is 0 Å². The van der Waals surface area contributed by atoms with Crippen LogP contribution in [0, 0.1) is 0 Å². The number of halogens is 1. The third-order valence-corrected chi connectivity index (χ3v) is 2.92. The minimum absolute atomic E-state index is 0.257. The third kappa shape index (κ3) is 3.61. The summed E-state index contributed by atoms with van der Waals surface area (Å²) in [6.45, 7) is 4.16. The number of hydrogen-bond donors (Lipinski definition) is 2. The van der Waals surface area contributed by atoms with Crippen molar-refractivity contribution < 1.29 is 9.53 Å². The number of carbonyl (C=O) groups excluding carboxylic acids is 1. The molecule has 0 bridgehead atoms. The summed E-state index contributed by atoms with van der Waals surface area (Å²) < 4.78 is 5.21. The van der Waals surface area contributed by atoms with E-state index in [2.05, 4.69) is 5.32 Å². The molecule has 1 aromatic rings. The Morgan fingerprint density at radius 1 is 1.53 bits per heavy atom. The summed E-state index contributed by atoms with van der Waals surface area (Å²) in [7, 11) is 1.60. The molecule has 3 N–H and O–H groups in total.